The quantitative estimate of drug-likeness (QED) is 0.446. The van der Waals surface area contributed by atoms with Crippen LogP contribution < -0.4 is 0 Å². The molecule has 0 aliphatic carbocycles. The van der Waals surface area contributed by atoms with Gasteiger partial charge in [0.2, 0.25) is 0 Å². The van der Waals surface area contributed by atoms with Crippen LogP contribution in [-0.4, -0.2) is 18.2 Å². The third kappa shape index (κ3) is 10.7. The van der Waals surface area contributed by atoms with Crippen LogP contribution in [0.2, 0.25) is 0 Å². The van der Waals surface area contributed by atoms with Crippen LogP contribution in [0.3, 0.4) is 0 Å². The second-order valence-corrected chi connectivity index (χ2v) is 2.32. The molecule has 0 saturated carbocycles. The minimum atomic E-state index is 0. The summed E-state index contributed by atoms with van der Waals surface area (Å²) in [6, 6.07) is 0. The van der Waals surface area contributed by atoms with E-state index < -0.39 is 0 Å². The second kappa shape index (κ2) is 2.99. The highest BCUT2D eigenvalue weighted by atomic mass is 16.5. The Morgan fingerprint density at radius 1 is 1.14 bits per heavy atom. The molecule has 0 fully saturated rings. The Hall–Kier alpha value is -0.0800. The first kappa shape index (κ1) is 10.0. The fraction of sp³-hybridized carbons (Fsp3) is 1.00. The molecule has 0 aromatic carbocycles. The fourth-order valence-corrected chi connectivity index (χ4v) is 0. The van der Waals surface area contributed by atoms with Gasteiger partial charge in [-0.25, -0.2) is 0 Å². The summed E-state index contributed by atoms with van der Waals surface area (Å²) in [5.41, 5.74) is 0.0417. The summed E-state index contributed by atoms with van der Waals surface area (Å²) < 4.78 is 4.94. The molecule has 0 atom stereocenters. The zero-order chi connectivity index (χ0) is 5.21. The topological polar surface area (TPSA) is 40.7 Å². The molecule has 0 aromatic rings. The molecule has 0 rings (SSSR count). The van der Waals surface area contributed by atoms with Gasteiger partial charge in [0, 0.05) is 7.11 Å². The van der Waals surface area contributed by atoms with Crippen LogP contribution in [0.5, 0.6) is 0 Å². The van der Waals surface area contributed by atoms with Crippen LogP contribution in [0.25, 0.3) is 0 Å². The number of ether oxygens (including phenoxy) is 1. The maximum absolute atomic E-state index is 4.94. The van der Waals surface area contributed by atoms with E-state index in [2.05, 4.69) is 0 Å². The van der Waals surface area contributed by atoms with Crippen LogP contribution in [0, 0.1) is 0 Å². The van der Waals surface area contributed by atoms with Crippen LogP contribution in [0.1, 0.15) is 20.8 Å². The Labute approximate surface area is 44.8 Å². The van der Waals surface area contributed by atoms with E-state index in [-0.39, 0.29) is 11.1 Å². The van der Waals surface area contributed by atoms with Crippen molar-refractivity contribution in [3.05, 3.63) is 0 Å². The molecule has 2 heteroatoms. The van der Waals surface area contributed by atoms with Gasteiger partial charge in [-0.3, -0.25) is 0 Å². The van der Waals surface area contributed by atoms with E-state index in [1.807, 2.05) is 20.8 Å². The van der Waals surface area contributed by atoms with Crippen LogP contribution in [-0.2, 0) is 4.74 Å². The first-order valence-corrected chi connectivity index (χ1v) is 2.11. The lowest BCUT2D eigenvalue weighted by Crippen LogP contribution is -2.15. The van der Waals surface area contributed by atoms with Crippen molar-refractivity contribution in [1.29, 1.82) is 0 Å². The van der Waals surface area contributed by atoms with Gasteiger partial charge in [-0.15, -0.1) is 0 Å². The number of hydrogen-bond acceptors (Lipinski definition) is 1. The van der Waals surface area contributed by atoms with Gasteiger partial charge in [-0.1, -0.05) is 0 Å². The lowest BCUT2D eigenvalue weighted by molar-refractivity contribution is 0.0397. The zero-order valence-electron chi connectivity index (χ0n) is 5.41. The maximum atomic E-state index is 4.94. The molecule has 0 saturated heterocycles. The van der Waals surface area contributed by atoms with Crippen LogP contribution in [0.4, 0.5) is 0 Å². The minimum Gasteiger partial charge on any atom is -0.412 e. The Morgan fingerprint density at radius 2 is 1.29 bits per heavy atom. The average molecular weight is 106 g/mol. The molecule has 0 aliphatic rings. The summed E-state index contributed by atoms with van der Waals surface area (Å²) in [6.07, 6.45) is 0. The van der Waals surface area contributed by atoms with Crippen molar-refractivity contribution in [3.63, 3.8) is 0 Å². The molecular formula is C5H14O2. The molecule has 0 amide bonds. The molecule has 0 aliphatic heterocycles. The predicted octanol–water partition coefficient (Wildman–Crippen LogP) is 0.607. The average Bonchev–Trinajstić information content (AvgIpc) is 1.35. The van der Waals surface area contributed by atoms with Gasteiger partial charge < -0.3 is 10.2 Å². The van der Waals surface area contributed by atoms with Crippen molar-refractivity contribution in [2.45, 2.75) is 26.4 Å². The highest BCUT2D eigenvalue weighted by molar-refractivity contribution is 4.55. The monoisotopic (exact) mass is 106 g/mol. The molecule has 46 valence electrons. The number of hydrogen-bond donors (Lipinski definition) is 0. The molecular weight excluding hydrogens is 92.1 g/mol. The van der Waals surface area contributed by atoms with E-state index in [0.29, 0.717) is 0 Å². The largest absolute Gasteiger partial charge is 0.412 e. The lowest BCUT2D eigenvalue weighted by atomic mass is 10.2. The maximum Gasteiger partial charge on any atom is 0.0594 e. The molecule has 7 heavy (non-hydrogen) atoms. The summed E-state index contributed by atoms with van der Waals surface area (Å²) in [5.74, 6) is 0. The van der Waals surface area contributed by atoms with Gasteiger partial charge in [0.1, 0.15) is 0 Å². The first-order chi connectivity index (χ1) is 2.56. The molecule has 0 radical (unpaired) electrons. The summed E-state index contributed by atoms with van der Waals surface area (Å²) >= 11 is 0. The Balaban J connectivity index is 0. The van der Waals surface area contributed by atoms with E-state index >= 15 is 0 Å². The van der Waals surface area contributed by atoms with E-state index in [1.54, 1.807) is 7.11 Å². The van der Waals surface area contributed by atoms with Gasteiger partial charge in [-0.2, -0.15) is 0 Å². The predicted molar refractivity (Wildman–Crippen MR) is 30.4 cm³/mol. The van der Waals surface area contributed by atoms with E-state index in [4.69, 9.17) is 4.74 Å². The van der Waals surface area contributed by atoms with E-state index in [9.17, 15) is 0 Å². The normalized spacial score (nSPS) is 10.3. The van der Waals surface area contributed by atoms with Crippen molar-refractivity contribution < 1.29 is 10.2 Å². The molecule has 0 heterocycles. The SMILES string of the molecule is COC(C)(C)C.O. The van der Waals surface area contributed by atoms with Crippen molar-refractivity contribution in [2.24, 2.45) is 0 Å². The first-order valence-electron chi connectivity index (χ1n) is 2.11. The number of rotatable bonds is 0. The molecule has 0 spiro atoms. The Kier molecular flexibility index (Phi) is 4.28. The third-order valence-corrected chi connectivity index (χ3v) is 0.612. The third-order valence-electron chi connectivity index (χ3n) is 0.612. The molecule has 2 nitrogen and oxygen atoms in total. The van der Waals surface area contributed by atoms with Crippen molar-refractivity contribution >= 4 is 0 Å². The molecule has 0 aromatic heterocycles. The van der Waals surface area contributed by atoms with Crippen molar-refractivity contribution in [1.82, 2.24) is 0 Å². The van der Waals surface area contributed by atoms with Gasteiger partial charge >= 0.3 is 0 Å². The summed E-state index contributed by atoms with van der Waals surface area (Å²) in [4.78, 5) is 0. The summed E-state index contributed by atoms with van der Waals surface area (Å²) in [5, 5.41) is 0. The molecule has 0 unspecified atom stereocenters. The molecule has 2 N–H and O–H groups in total. The van der Waals surface area contributed by atoms with Crippen LogP contribution >= 0.6 is 0 Å². The Bertz CT molecular complexity index is 35.8. The number of methoxy groups -OCH3 is 1. The van der Waals surface area contributed by atoms with E-state index in [1.165, 1.54) is 0 Å². The van der Waals surface area contributed by atoms with Crippen molar-refractivity contribution in [2.75, 3.05) is 7.11 Å². The second-order valence-electron chi connectivity index (χ2n) is 2.32. The van der Waals surface area contributed by atoms with Gasteiger partial charge in [-0.05, 0) is 20.8 Å². The van der Waals surface area contributed by atoms with Gasteiger partial charge in [0.25, 0.3) is 0 Å². The van der Waals surface area contributed by atoms with Crippen LogP contribution in [0.15, 0.2) is 0 Å². The van der Waals surface area contributed by atoms with Gasteiger partial charge in [0.15, 0.2) is 0 Å². The summed E-state index contributed by atoms with van der Waals surface area (Å²) in [7, 11) is 1.71. The molecule has 0 bridgehead atoms. The highest BCUT2D eigenvalue weighted by Crippen LogP contribution is 2.02. The van der Waals surface area contributed by atoms with E-state index in [0.717, 1.165) is 0 Å². The Morgan fingerprint density at radius 3 is 1.29 bits per heavy atom. The minimum absolute atomic E-state index is 0. The smallest absolute Gasteiger partial charge is 0.0594 e. The summed E-state index contributed by atoms with van der Waals surface area (Å²) in [6.45, 7) is 6.06. The van der Waals surface area contributed by atoms with Crippen molar-refractivity contribution in [3.8, 4) is 0 Å². The zero-order valence-corrected chi connectivity index (χ0v) is 5.41. The highest BCUT2D eigenvalue weighted by Gasteiger charge is 2.03. The standard InChI is InChI=1S/C5H12O.H2O/c1-5(2,3)6-4;/h1-4H3;1H2. The van der Waals surface area contributed by atoms with Gasteiger partial charge in [0.05, 0.1) is 5.60 Å². The fourth-order valence-electron chi connectivity index (χ4n) is 0. The lowest BCUT2D eigenvalue weighted by Gasteiger charge is -2.14.